The highest BCUT2D eigenvalue weighted by molar-refractivity contribution is 7.99. The fraction of sp³-hybridized carbons (Fsp3) is 0.526. The van der Waals surface area contributed by atoms with E-state index in [1.807, 2.05) is 27.8 Å². The van der Waals surface area contributed by atoms with E-state index in [-0.39, 0.29) is 5.91 Å². The van der Waals surface area contributed by atoms with E-state index in [1.165, 1.54) is 37.4 Å². The lowest BCUT2D eigenvalue weighted by Gasteiger charge is -2.19. The SMILES string of the molecule is O=C(CSc1nc(C2CC2)n(-c2ccccc2)n1)N1CCCCCC1. The third kappa shape index (κ3) is 4.06. The highest BCUT2D eigenvalue weighted by atomic mass is 32.2. The van der Waals surface area contributed by atoms with Gasteiger partial charge >= 0.3 is 0 Å². The maximum absolute atomic E-state index is 12.5. The molecule has 1 amide bonds. The normalized spacial score (nSPS) is 18.2. The van der Waals surface area contributed by atoms with Crippen molar-refractivity contribution in [1.82, 2.24) is 19.7 Å². The molecule has 4 rings (SSSR count). The van der Waals surface area contributed by atoms with Crippen molar-refractivity contribution >= 4 is 17.7 Å². The molecule has 6 heteroatoms. The van der Waals surface area contributed by atoms with Crippen LogP contribution in [0.5, 0.6) is 0 Å². The number of aromatic nitrogens is 3. The van der Waals surface area contributed by atoms with Crippen LogP contribution in [0.3, 0.4) is 0 Å². The van der Waals surface area contributed by atoms with Gasteiger partial charge in [0.05, 0.1) is 11.4 Å². The number of hydrogen-bond acceptors (Lipinski definition) is 4. The third-order valence-corrected chi connectivity index (χ3v) is 5.66. The van der Waals surface area contributed by atoms with E-state index >= 15 is 0 Å². The number of amides is 1. The molecule has 1 aromatic heterocycles. The second-order valence-electron chi connectivity index (χ2n) is 6.86. The van der Waals surface area contributed by atoms with Gasteiger partial charge < -0.3 is 4.90 Å². The van der Waals surface area contributed by atoms with Crippen LogP contribution >= 0.6 is 11.8 Å². The summed E-state index contributed by atoms with van der Waals surface area (Å²) in [5.41, 5.74) is 1.04. The molecule has 2 heterocycles. The number of thioether (sulfide) groups is 1. The summed E-state index contributed by atoms with van der Waals surface area (Å²) < 4.78 is 1.95. The van der Waals surface area contributed by atoms with Crippen LogP contribution in [0.25, 0.3) is 5.69 Å². The molecule has 1 aliphatic heterocycles. The number of likely N-dealkylation sites (tertiary alicyclic amines) is 1. The van der Waals surface area contributed by atoms with Gasteiger partial charge in [0, 0.05) is 19.0 Å². The summed E-state index contributed by atoms with van der Waals surface area (Å²) >= 11 is 1.47. The first kappa shape index (κ1) is 16.6. The molecule has 1 aliphatic carbocycles. The zero-order valence-corrected chi connectivity index (χ0v) is 15.2. The summed E-state index contributed by atoms with van der Waals surface area (Å²) in [4.78, 5) is 19.2. The summed E-state index contributed by atoms with van der Waals surface area (Å²) in [5.74, 6) is 2.21. The first-order chi connectivity index (χ1) is 12.3. The summed E-state index contributed by atoms with van der Waals surface area (Å²) in [6.45, 7) is 1.80. The molecule has 25 heavy (non-hydrogen) atoms. The number of carbonyl (C=O) groups is 1. The average molecular weight is 356 g/mol. The second kappa shape index (κ2) is 7.60. The van der Waals surface area contributed by atoms with Gasteiger partial charge in [0.2, 0.25) is 11.1 Å². The van der Waals surface area contributed by atoms with Gasteiger partial charge in [-0.1, -0.05) is 42.8 Å². The molecular weight excluding hydrogens is 332 g/mol. The largest absolute Gasteiger partial charge is 0.342 e. The minimum absolute atomic E-state index is 0.218. The van der Waals surface area contributed by atoms with Crippen molar-refractivity contribution in [3.8, 4) is 5.69 Å². The number of rotatable bonds is 5. The number of carbonyl (C=O) groups excluding carboxylic acids is 1. The van der Waals surface area contributed by atoms with Crippen LogP contribution in [0.15, 0.2) is 35.5 Å². The summed E-state index contributed by atoms with van der Waals surface area (Å²) in [7, 11) is 0. The van der Waals surface area contributed by atoms with Crippen LogP contribution in [0, 0.1) is 0 Å². The molecule has 1 saturated heterocycles. The van der Waals surface area contributed by atoms with Crippen LogP contribution in [-0.2, 0) is 4.79 Å². The van der Waals surface area contributed by atoms with E-state index in [0.717, 1.165) is 37.4 Å². The Labute approximate surface area is 152 Å². The standard InChI is InChI=1S/C19H24N4OS/c24-17(22-12-6-1-2-7-13-22)14-25-19-20-18(15-10-11-15)23(21-19)16-8-4-3-5-9-16/h3-5,8-9,15H,1-2,6-7,10-14H2. The number of benzene rings is 1. The topological polar surface area (TPSA) is 51.0 Å². The molecule has 0 N–H and O–H groups in total. The Morgan fingerprint density at radius 2 is 1.80 bits per heavy atom. The molecule has 2 aromatic rings. The molecule has 1 saturated carbocycles. The van der Waals surface area contributed by atoms with Crippen LogP contribution < -0.4 is 0 Å². The van der Waals surface area contributed by atoms with E-state index in [1.54, 1.807) is 0 Å². The molecule has 2 aliphatic rings. The van der Waals surface area contributed by atoms with E-state index in [2.05, 4.69) is 17.2 Å². The van der Waals surface area contributed by atoms with E-state index in [9.17, 15) is 4.79 Å². The first-order valence-corrected chi connectivity index (χ1v) is 10.2. The Hall–Kier alpha value is -1.82. The molecule has 0 atom stereocenters. The van der Waals surface area contributed by atoms with E-state index < -0.39 is 0 Å². The summed E-state index contributed by atoms with van der Waals surface area (Å²) in [6.07, 6.45) is 7.10. The molecule has 5 nitrogen and oxygen atoms in total. The zero-order valence-electron chi connectivity index (χ0n) is 14.4. The Balaban J connectivity index is 1.45. The maximum Gasteiger partial charge on any atom is 0.233 e. The fourth-order valence-corrected chi connectivity index (χ4v) is 4.00. The maximum atomic E-state index is 12.5. The lowest BCUT2D eigenvalue weighted by Crippen LogP contribution is -2.33. The van der Waals surface area contributed by atoms with Crippen molar-refractivity contribution in [2.75, 3.05) is 18.8 Å². The monoisotopic (exact) mass is 356 g/mol. The van der Waals surface area contributed by atoms with Gasteiger partial charge in [-0.05, 0) is 37.8 Å². The van der Waals surface area contributed by atoms with Gasteiger partial charge in [-0.2, -0.15) is 0 Å². The van der Waals surface area contributed by atoms with Crippen molar-refractivity contribution in [3.05, 3.63) is 36.2 Å². The second-order valence-corrected chi connectivity index (χ2v) is 7.80. The van der Waals surface area contributed by atoms with Crippen LogP contribution in [0.2, 0.25) is 0 Å². The molecular formula is C19H24N4OS. The minimum atomic E-state index is 0.218. The van der Waals surface area contributed by atoms with Crippen LogP contribution in [-0.4, -0.2) is 44.4 Å². The number of nitrogens with zero attached hydrogens (tertiary/aromatic N) is 4. The molecule has 0 spiro atoms. The summed E-state index contributed by atoms with van der Waals surface area (Å²) in [5, 5.41) is 5.39. The van der Waals surface area contributed by atoms with Gasteiger partial charge in [-0.15, -0.1) is 5.10 Å². The van der Waals surface area contributed by atoms with Crippen molar-refractivity contribution in [3.63, 3.8) is 0 Å². The first-order valence-electron chi connectivity index (χ1n) is 9.24. The Bertz CT molecular complexity index is 718. The molecule has 1 aromatic carbocycles. The third-order valence-electron chi connectivity index (χ3n) is 4.84. The predicted octanol–water partition coefficient (Wildman–Crippen LogP) is 3.64. The Morgan fingerprint density at radius 1 is 1.08 bits per heavy atom. The molecule has 0 radical (unpaired) electrons. The van der Waals surface area contributed by atoms with Crippen molar-refractivity contribution in [2.45, 2.75) is 49.6 Å². The molecule has 2 fully saturated rings. The Morgan fingerprint density at radius 3 is 2.48 bits per heavy atom. The lowest BCUT2D eigenvalue weighted by atomic mass is 10.2. The van der Waals surface area contributed by atoms with E-state index in [4.69, 9.17) is 4.98 Å². The van der Waals surface area contributed by atoms with E-state index in [0.29, 0.717) is 16.8 Å². The van der Waals surface area contributed by atoms with Crippen LogP contribution in [0.4, 0.5) is 0 Å². The highest BCUT2D eigenvalue weighted by Gasteiger charge is 2.30. The smallest absolute Gasteiger partial charge is 0.233 e. The molecule has 132 valence electrons. The number of para-hydroxylation sites is 1. The van der Waals surface area contributed by atoms with Crippen molar-refractivity contribution < 1.29 is 4.79 Å². The average Bonchev–Trinajstić information content (AvgIpc) is 3.45. The number of hydrogen-bond donors (Lipinski definition) is 0. The zero-order chi connectivity index (χ0) is 17.1. The minimum Gasteiger partial charge on any atom is -0.342 e. The summed E-state index contributed by atoms with van der Waals surface area (Å²) in [6, 6.07) is 10.1. The van der Waals surface area contributed by atoms with Gasteiger partial charge in [0.25, 0.3) is 0 Å². The van der Waals surface area contributed by atoms with Crippen LogP contribution in [0.1, 0.15) is 50.3 Å². The Kier molecular flexibility index (Phi) is 5.06. The van der Waals surface area contributed by atoms with Crippen molar-refractivity contribution in [2.24, 2.45) is 0 Å². The predicted molar refractivity (Wildman–Crippen MR) is 99.1 cm³/mol. The fourth-order valence-electron chi connectivity index (χ4n) is 3.27. The molecule has 0 bridgehead atoms. The highest BCUT2D eigenvalue weighted by Crippen LogP contribution is 2.40. The molecule has 0 unspecified atom stereocenters. The lowest BCUT2D eigenvalue weighted by molar-refractivity contribution is -0.128. The van der Waals surface area contributed by atoms with Gasteiger partial charge in [0.15, 0.2) is 0 Å². The van der Waals surface area contributed by atoms with Crippen molar-refractivity contribution in [1.29, 1.82) is 0 Å². The van der Waals surface area contributed by atoms with Gasteiger partial charge in [-0.3, -0.25) is 4.79 Å². The van der Waals surface area contributed by atoms with Gasteiger partial charge in [-0.25, -0.2) is 9.67 Å². The quantitative estimate of drug-likeness (QED) is 0.768. The van der Waals surface area contributed by atoms with Gasteiger partial charge in [0.1, 0.15) is 5.82 Å².